The lowest BCUT2D eigenvalue weighted by molar-refractivity contribution is -0.0470. The van der Waals surface area contributed by atoms with Gasteiger partial charge >= 0.3 is 0 Å². The van der Waals surface area contributed by atoms with Crippen molar-refractivity contribution in [2.75, 3.05) is 26.2 Å². The van der Waals surface area contributed by atoms with Gasteiger partial charge in [-0.05, 0) is 26.3 Å². The first-order chi connectivity index (χ1) is 8.81. The van der Waals surface area contributed by atoms with E-state index in [4.69, 9.17) is 4.74 Å². The van der Waals surface area contributed by atoms with Gasteiger partial charge in [0.05, 0.1) is 12.7 Å². The predicted octanol–water partition coefficient (Wildman–Crippen LogP) is 0.671. The van der Waals surface area contributed by atoms with Crippen molar-refractivity contribution in [3.63, 3.8) is 0 Å². The highest BCUT2D eigenvalue weighted by Gasteiger charge is 2.31. The summed E-state index contributed by atoms with van der Waals surface area (Å²) in [5, 5.41) is 3.44. The van der Waals surface area contributed by atoms with Gasteiger partial charge in [-0.3, -0.25) is 4.90 Å². The third-order valence-corrected chi connectivity index (χ3v) is 3.90. The van der Waals surface area contributed by atoms with Crippen molar-refractivity contribution in [2.24, 2.45) is 0 Å². The highest BCUT2D eigenvalue weighted by Crippen LogP contribution is 2.22. The molecular formula is C13H22N4O. The Labute approximate surface area is 108 Å². The maximum Gasteiger partial charge on any atom is 0.103 e. The summed E-state index contributed by atoms with van der Waals surface area (Å²) in [5.41, 5.74) is 1.14. The molecule has 5 heteroatoms. The number of nitrogens with one attached hydrogen (secondary N) is 2. The highest BCUT2D eigenvalue weighted by atomic mass is 16.5. The van der Waals surface area contributed by atoms with Crippen molar-refractivity contribution in [3.05, 3.63) is 17.7 Å². The number of imidazole rings is 1. The molecule has 2 saturated heterocycles. The van der Waals surface area contributed by atoms with E-state index in [9.17, 15) is 0 Å². The summed E-state index contributed by atoms with van der Waals surface area (Å²) < 4.78 is 5.91. The van der Waals surface area contributed by atoms with Crippen LogP contribution in [0.3, 0.4) is 0 Å². The molecule has 100 valence electrons. The number of aryl methyl sites for hydroxylation is 1. The average molecular weight is 250 g/mol. The molecule has 3 heterocycles. The van der Waals surface area contributed by atoms with Crippen molar-refractivity contribution in [1.29, 1.82) is 0 Å². The molecule has 0 aliphatic carbocycles. The number of morpholine rings is 1. The smallest absolute Gasteiger partial charge is 0.103 e. The van der Waals surface area contributed by atoms with Gasteiger partial charge in [0.25, 0.3) is 0 Å². The standard InChI is InChI=1S/C13H22N4O/c1-10-15-6-11(16-10)5-14-7-13-8-17-4-2-3-12(17)9-18-13/h6,12-14H,2-5,7-9H2,1H3,(H,15,16). The Morgan fingerprint density at radius 1 is 1.61 bits per heavy atom. The molecule has 2 unspecified atom stereocenters. The van der Waals surface area contributed by atoms with Crippen LogP contribution in [0.1, 0.15) is 24.4 Å². The Kier molecular flexibility index (Phi) is 3.63. The molecule has 3 rings (SSSR count). The molecule has 18 heavy (non-hydrogen) atoms. The van der Waals surface area contributed by atoms with Crippen molar-refractivity contribution in [2.45, 2.75) is 38.5 Å². The monoisotopic (exact) mass is 250 g/mol. The van der Waals surface area contributed by atoms with Gasteiger partial charge in [-0.2, -0.15) is 0 Å². The fraction of sp³-hybridized carbons (Fsp3) is 0.769. The predicted molar refractivity (Wildman–Crippen MR) is 69.4 cm³/mol. The van der Waals surface area contributed by atoms with Gasteiger partial charge in [-0.15, -0.1) is 0 Å². The Hall–Kier alpha value is -0.910. The maximum absolute atomic E-state index is 5.91. The maximum atomic E-state index is 5.91. The first kappa shape index (κ1) is 12.1. The van der Waals surface area contributed by atoms with E-state index < -0.39 is 0 Å². The molecule has 1 aromatic rings. The van der Waals surface area contributed by atoms with E-state index in [1.165, 1.54) is 19.4 Å². The summed E-state index contributed by atoms with van der Waals surface area (Å²) >= 11 is 0. The number of ether oxygens (including phenoxy) is 1. The molecule has 0 aromatic carbocycles. The van der Waals surface area contributed by atoms with E-state index in [-0.39, 0.29) is 0 Å². The van der Waals surface area contributed by atoms with E-state index in [1.54, 1.807) is 0 Å². The van der Waals surface area contributed by atoms with Crippen LogP contribution in [-0.4, -0.2) is 53.3 Å². The second-order valence-corrected chi connectivity index (χ2v) is 5.37. The van der Waals surface area contributed by atoms with Crippen molar-refractivity contribution < 1.29 is 4.74 Å². The van der Waals surface area contributed by atoms with Crippen molar-refractivity contribution in [1.82, 2.24) is 20.2 Å². The number of aromatic nitrogens is 2. The number of H-pyrrole nitrogens is 1. The normalized spacial score (nSPS) is 28.5. The molecule has 1 aromatic heterocycles. The SMILES string of the molecule is Cc1ncc(CNCC2CN3CCCC3CO2)[nH]1. The van der Waals surface area contributed by atoms with Gasteiger partial charge in [-0.1, -0.05) is 0 Å². The summed E-state index contributed by atoms with van der Waals surface area (Å²) in [6.07, 6.45) is 4.87. The zero-order valence-corrected chi connectivity index (χ0v) is 11.0. The third-order valence-electron chi connectivity index (χ3n) is 3.90. The second-order valence-electron chi connectivity index (χ2n) is 5.37. The van der Waals surface area contributed by atoms with Crippen LogP contribution in [-0.2, 0) is 11.3 Å². The van der Waals surface area contributed by atoms with E-state index in [2.05, 4.69) is 20.2 Å². The minimum absolute atomic E-state index is 0.336. The Bertz CT molecular complexity index is 392. The van der Waals surface area contributed by atoms with E-state index in [0.29, 0.717) is 12.1 Å². The third kappa shape index (κ3) is 2.74. The number of fused-ring (bicyclic) bond motifs is 1. The lowest BCUT2D eigenvalue weighted by atomic mass is 10.2. The molecule has 0 spiro atoms. The number of hydrogen-bond acceptors (Lipinski definition) is 4. The van der Waals surface area contributed by atoms with Gasteiger partial charge < -0.3 is 15.0 Å². The van der Waals surface area contributed by atoms with Crippen LogP contribution in [0.25, 0.3) is 0 Å². The van der Waals surface area contributed by atoms with Crippen LogP contribution in [0.4, 0.5) is 0 Å². The van der Waals surface area contributed by atoms with Crippen LogP contribution < -0.4 is 5.32 Å². The first-order valence-corrected chi connectivity index (χ1v) is 6.88. The summed E-state index contributed by atoms with van der Waals surface area (Å²) in [5.74, 6) is 0.973. The zero-order chi connectivity index (χ0) is 12.4. The second kappa shape index (κ2) is 5.38. The van der Waals surface area contributed by atoms with Gasteiger partial charge in [0, 0.05) is 37.6 Å². The van der Waals surface area contributed by atoms with Crippen LogP contribution in [0.2, 0.25) is 0 Å². The largest absolute Gasteiger partial charge is 0.374 e. The quantitative estimate of drug-likeness (QED) is 0.825. The molecule has 2 aliphatic rings. The zero-order valence-electron chi connectivity index (χ0n) is 11.0. The molecule has 2 N–H and O–H groups in total. The highest BCUT2D eigenvalue weighted by molar-refractivity contribution is 4.99. The Morgan fingerprint density at radius 2 is 2.56 bits per heavy atom. The summed E-state index contributed by atoms with van der Waals surface area (Å²) in [4.78, 5) is 10.00. The van der Waals surface area contributed by atoms with Crippen LogP contribution in [0.15, 0.2) is 6.20 Å². The van der Waals surface area contributed by atoms with E-state index >= 15 is 0 Å². The summed E-state index contributed by atoms with van der Waals surface area (Å²) in [6.45, 7) is 6.98. The molecule has 2 atom stereocenters. The van der Waals surface area contributed by atoms with Crippen LogP contribution >= 0.6 is 0 Å². The number of rotatable bonds is 4. The Balaban J connectivity index is 1.41. The molecule has 0 amide bonds. The van der Waals surface area contributed by atoms with Gasteiger partial charge in [-0.25, -0.2) is 4.98 Å². The average Bonchev–Trinajstić information content (AvgIpc) is 2.97. The van der Waals surface area contributed by atoms with Gasteiger partial charge in [0.2, 0.25) is 0 Å². The van der Waals surface area contributed by atoms with Crippen molar-refractivity contribution >= 4 is 0 Å². The molecule has 0 saturated carbocycles. The molecule has 0 radical (unpaired) electrons. The lowest BCUT2D eigenvalue weighted by Gasteiger charge is -2.35. The molecule has 2 fully saturated rings. The van der Waals surface area contributed by atoms with E-state index in [0.717, 1.165) is 37.8 Å². The van der Waals surface area contributed by atoms with Gasteiger partial charge in [0.1, 0.15) is 5.82 Å². The Morgan fingerprint density at radius 3 is 3.39 bits per heavy atom. The van der Waals surface area contributed by atoms with Crippen LogP contribution in [0.5, 0.6) is 0 Å². The fourth-order valence-corrected chi connectivity index (χ4v) is 2.94. The molecule has 2 aliphatic heterocycles. The van der Waals surface area contributed by atoms with Gasteiger partial charge in [0.15, 0.2) is 0 Å². The topological polar surface area (TPSA) is 53.2 Å². The summed E-state index contributed by atoms with van der Waals surface area (Å²) in [7, 11) is 0. The first-order valence-electron chi connectivity index (χ1n) is 6.88. The number of aromatic amines is 1. The fourth-order valence-electron chi connectivity index (χ4n) is 2.94. The van der Waals surface area contributed by atoms with E-state index in [1.807, 2.05) is 13.1 Å². The number of nitrogens with zero attached hydrogens (tertiary/aromatic N) is 2. The van der Waals surface area contributed by atoms with Crippen molar-refractivity contribution in [3.8, 4) is 0 Å². The summed E-state index contributed by atoms with van der Waals surface area (Å²) in [6, 6.07) is 0.691. The van der Waals surface area contributed by atoms with Crippen LogP contribution in [0, 0.1) is 6.92 Å². The number of hydrogen-bond donors (Lipinski definition) is 2. The minimum atomic E-state index is 0.336. The molecule has 5 nitrogen and oxygen atoms in total. The lowest BCUT2D eigenvalue weighted by Crippen LogP contribution is -2.49. The molecule has 0 bridgehead atoms. The molecular weight excluding hydrogens is 228 g/mol. The minimum Gasteiger partial charge on any atom is -0.374 e.